The molecule has 1 aliphatic carbocycles. The van der Waals surface area contributed by atoms with Crippen molar-refractivity contribution < 1.29 is 9.47 Å². The maximum absolute atomic E-state index is 5.77. The van der Waals surface area contributed by atoms with Crippen LogP contribution in [0, 0.1) is 5.92 Å². The van der Waals surface area contributed by atoms with Gasteiger partial charge in [-0.2, -0.15) is 0 Å². The van der Waals surface area contributed by atoms with Gasteiger partial charge in [0.1, 0.15) is 0 Å². The number of hydrogen-bond donors (Lipinski definition) is 1. The fraction of sp³-hybridized carbons (Fsp3) is 1.00. The molecule has 1 spiro atoms. The number of hydrogen-bond acceptors (Lipinski definition) is 4. The smallest absolute Gasteiger partial charge is 0.168 e. The molecule has 0 bridgehead atoms. The summed E-state index contributed by atoms with van der Waals surface area (Å²) in [4.78, 5) is 2.32. The summed E-state index contributed by atoms with van der Waals surface area (Å²) in [6.07, 6.45) is 4.41. The summed E-state index contributed by atoms with van der Waals surface area (Å²) in [5, 5.41) is 3.74. The van der Waals surface area contributed by atoms with Gasteiger partial charge in [-0.1, -0.05) is 13.8 Å². The van der Waals surface area contributed by atoms with E-state index in [0.29, 0.717) is 18.0 Å². The van der Waals surface area contributed by atoms with Crippen LogP contribution in [0.25, 0.3) is 0 Å². The number of ether oxygens (including phenoxy) is 2. The molecule has 1 atom stereocenters. The van der Waals surface area contributed by atoms with Crippen LogP contribution < -0.4 is 5.32 Å². The second-order valence-corrected chi connectivity index (χ2v) is 6.57. The Morgan fingerprint density at radius 1 is 1.16 bits per heavy atom. The standard InChI is InChI=1S/C15H30N2O2/c1-12(2)14(17(3)4)11-16-13-5-7-15(8-6-13)18-9-10-19-15/h12-14,16H,5-11H2,1-4H3. The fourth-order valence-corrected chi connectivity index (χ4v) is 3.35. The van der Waals surface area contributed by atoms with Crippen LogP contribution in [0.1, 0.15) is 39.5 Å². The van der Waals surface area contributed by atoms with Gasteiger partial charge in [0.2, 0.25) is 0 Å². The number of likely N-dealkylation sites (N-methyl/N-ethyl adjacent to an activating group) is 1. The molecule has 0 aromatic carbocycles. The van der Waals surface area contributed by atoms with Crippen molar-refractivity contribution in [2.75, 3.05) is 33.9 Å². The average Bonchev–Trinajstić information content (AvgIpc) is 2.80. The highest BCUT2D eigenvalue weighted by molar-refractivity contribution is 4.86. The molecule has 0 radical (unpaired) electrons. The molecule has 19 heavy (non-hydrogen) atoms. The van der Waals surface area contributed by atoms with E-state index in [-0.39, 0.29) is 5.79 Å². The summed E-state index contributed by atoms with van der Waals surface area (Å²) in [6, 6.07) is 1.23. The Bertz CT molecular complexity index is 257. The van der Waals surface area contributed by atoms with Crippen LogP contribution in [-0.4, -0.2) is 56.6 Å². The molecule has 4 nitrogen and oxygen atoms in total. The van der Waals surface area contributed by atoms with Crippen molar-refractivity contribution in [3.8, 4) is 0 Å². The molecule has 1 unspecified atom stereocenters. The third-order valence-corrected chi connectivity index (χ3v) is 4.61. The highest BCUT2D eigenvalue weighted by Crippen LogP contribution is 2.35. The second-order valence-electron chi connectivity index (χ2n) is 6.57. The van der Waals surface area contributed by atoms with Gasteiger partial charge in [0.05, 0.1) is 13.2 Å². The summed E-state index contributed by atoms with van der Waals surface area (Å²) >= 11 is 0. The molecule has 112 valence electrons. The maximum Gasteiger partial charge on any atom is 0.168 e. The van der Waals surface area contributed by atoms with E-state index in [1.807, 2.05) is 0 Å². The Morgan fingerprint density at radius 2 is 1.74 bits per heavy atom. The molecule has 4 heteroatoms. The van der Waals surface area contributed by atoms with Gasteiger partial charge in [-0.25, -0.2) is 0 Å². The first-order valence-corrected chi connectivity index (χ1v) is 7.70. The Balaban J connectivity index is 1.73. The first-order chi connectivity index (χ1) is 9.02. The second kappa shape index (κ2) is 6.53. The van der Waals surface area contributed by atoms with Crippen molar-refractivity contribution >= 4 is 0 Å². The lowest BCUT2D eigenvalue weighted by atomic mass is 9.89. The molecule has 1 N–H and O–H groups in total. The Hall–Kier alpha value is -0.160. The van der Waals surface area contributed by atoms with Gasteiger partial charge in [0, 0.05) is 31.5 Å². The Labute approximate surface area is 117 Å². The van der Waals surface area contributed by atoms with Crippen LogP contribution >= 0.6 is 0 Å². The van der Waals surface area contributed by atoms with Crippen molar-refractivity contribution in [2.45, 2.75) is 57.4 Å². The Morgan fingerprint density at radius 3 is 2.21 bits per heavy atom. The number of nitrogens with one attached hydrogen (secondary N) is 1. The van der Waals surface area contributed by atoms with Crippen LogP contribution in [-0.2, 0) is 9.47 Å². The van der Waals surface area contributed by atoms with Crippen LogP contribution in [0.15, 0.2) is 0 Å². The molecule has 2 fully saturated rings. The van der Waals surface area contributed by atoms with Crippen LogP contribution in [0.3, 0.4) is 0 Å². The summed E-state index contributed by atoms with van der Waals surface area (Å²) in [6.45, 7) is 7.21. The first-order valence-electron chi connectivity index (χ1n) is 7.70. The minimum Gasteiger partial charge on any atom is -0.348 e. The molecule has 1 saturated carbocycles. The summed E-state index contributed by atoms with van der Waals surface area (Å²) in [7, 11) is 4.34. The summed E-state index contributed by atoms with van der Waals surface area (Å²) in [5.74, 6) is 0.455. The van der Waals surface area contributed by atoms with E-state index in [9.17, 15) is 0 Å². The summed E-state index contributed by atoms with van der Waals surface area (Å²) < 4.78 is 11.5. The normalized spacial score (nSPS) is 25.6. The van der Waals surface area contributed by atoms with Gasteiger partial charge in [0.15, 0.2) is 5.79 Å². The zero-order valence-corrected chi connectivity index (χ0v) is 12.9. The molecule has 2 rings (SSSR count). The predicted molar refractivity (Wildman–Crippen MR) is 77.2 cm³/mol. The van der Waals surface area contributed by atoms with Gasteiger partial charge in [-0.15, -0.1) is 0 Å². The number of rotatable bonds is 5. The minimum atomic E-state index is -0.225. The number of nitrogens with zero attached hydrogens (tertiary/aromatic N) is 1. The van der Waals surface area contributed by atoms with Crippen molar-refractivity contribution in [3.05, 3.63) is 0 Å². The van der Waals surface area contributed by atoms with E-state index in [0.717, 1.165) is 45.4 Å². The van der Waals surface area contributed by atoms with Gasteiger partial charge >= 0.3 is 0 Å². The molecule has 1 aliphatic heterocycles. The van der Waals surface area contributed by atoms with Crippen molar-refractivity contribution in [1.82, 2.24) is 10.2 Å². The third kappa shape index (κ3) is 3.91. The van der Waals surface area contributed by atoms with Crippen LogP contribution in [0.2, 0.25) is 0 Å². The average molecular weight is 270 g/mol. The highest BCUT2D eigenvalue weighted by Gasteiger charge is 2.40. The lowest BCUT2D eigenvalue weighted by Crippen LogP contribution is -2.47. The van der Waals surface area contributed by atoms with E-state index in [1.54, 1.807) is 0 Å². The van der Waals surface area contributed by atoms with Gasteiger partial charge in [-0.3, -0.25) is 0 Å². The zero-order chi connectivity index (χ0) is 13.9. The first kappa shape index (κ1) is 15.2. The lowest BCUT2D eigenvalue weighted by molar-refractivity contribution is -0.179. The monoisotopic (exact) mass is 270 g/mol. The van der Waals surface area contributed by atoms with E-state index in [4.69, 9.17) is 9.47 Å². The van der Waals surface area contributed by atoms with Crippen molar-refractivity contribution in [2.24, 2.45) is 5.92 Å². The van der Waals surface area contributed by atoms with E-state index in [2.05, 4.69) is 38.2 Å². The minimum absolute atomic E-state index is 0.225. The maximum atomic E-state index is 5.77. The topological polar surface area (TPSA) is 33.7 Å². The van der Waals surface area contributed by atoms with Crippen LogP contribution in [0.4, 0.5) is 0 Å². The van der Waals surface area contributed by atoms with Gasteiger partial charge < -0.3 is 19.7 Å². The molecule has 1 saturated heterocycles. The largest absolute Gasteiger partial charge is 0.348 e. The molecule has 2 aliphatic rings. The molecule has 0 aromatic heterocycles. The molecular formula is C15H30N2O2. The van der Waals surface area contributed by atoms with Crippen molar-refractivity contribution in [1.29, 1.82) is 0 Å². The molecule has 0 amide bonds. The Kier molecular flexibility index (Phi) is 5.23. The molecule has 1 heterocycles. The fourth-order valence-electron chi connectivity index (χ4n) is 3.35. The van der Waals surface area contributed by atoms with Gasteiger partial charge in [0.25, 0.3) is 0 Å². The molecule has 0 aromatic rings. The zero-order valence-electron chi connectivity index (χ0n) is 12.9. The summed E-state index contributed by atoms with van der Waals surface area (Å²) in [5.41, 5.74) is 0. The third-order valence-electron chi connectivity index (χ3n) is 4.61. The highest BCUT2D eigenvalue weighted by atomic mass is 16.7. The SMILES string of the molecule is CC(C)C(CNC1CCC2(CC1)OCCO2)N(C)C. The van der Waals surface area contributed by atoms with Crippen molar-refractivity contribution in [3.63, 3.8) is 0 Å². The quantitative estimate of drug-likeness (QED) is 0.826. The van der Waals surface area contributed by atoms with E-state index < -0.39 is 0 Å². The van der Waals surface area contributed by atoms with Crippen LogP contribution in [0.5, 0.6) is 0 Å². The van der Waals surface area contributed by atoms with E-state index in [1.165, 1.54) is 0 Å². The van der Waals surface area contributed by atoms with E-state index >= 15 is 0 Å². The van der Waals surface area contributed by atoms with Gasteiger partial charge in [-0.05, 0) is 32.9 Å². The lowest BCUT2D eigenvalue weighted by Gasteiger charge is -2.37. The predicted octanol–water partition coefficient (Wildman–Crippen LogP) is 1.85. The molecular weight excluding hydrogens is 240 g/mol.